The highest BCUT2D eigenvalue weighted by Crippen LogP contribution is 2.33. The lowest BCUT2D eigenvalue weighted by atomic mass is 9.80. The largest absolute Gasteiger partial charge is 0.375 e. The van der Waals surface area contributed by atoms with Crippen molar-refractivity contribution in [2.45, 2.75) is 38.2 Å². The number of nitrogens with two attached hydrogens (primary N) is 1. The number of rotatable bonds is 4. The molecule has 5 heteroatoms. The fourth-order valence-corrected chi connectivity index (χ4v) is 3.93. The van der Waals surface area contributed by atoms with Crippen LogP contribution in [-0.2, 0) is 9.53 Å². The van der Waals surface area contributed by atoms with Crippen molar-refractivity contribution in [3.05, 3.63) is 0 Å². The van der Waals surface area contributed by atoms with Gasteiger partial charge in [-0.25, -0.2) is 0 Å². The van der Waals surface area contributed by atoms with Crippen LogP contribution in [-0.4, -0.2) is 67.7 Å². The van der Waals surface area contributed by atoms with Crippen LogP contribution in [0.25, 0.3) is 0 Å². The zero-order valence-electron chi connectivity index (χ0n) is 13.0. The van der Waals surface area contributed by atoms with E-state index in [1.54, 1.807) is 0 Å². The monoisotopic (exact) mass is 295 g/mol. The highest BCUT2D eigenvalue weighted by atomic mass is 16.5. The molecule has 3 aliphatic rings. The second kappa shape index (κ2) is 7.07. The van der Waals surface area contributed by atoms with E-state index < -0.39 is 0 Å². The van der Waals surface area contributed by atoms with Crippen LogP contribution in [0.5, 0.6) is 0 Å². The summed E-state index contributed by atoms with van der Waals surface area (Å²) in [5.41, 5.74) is 5.49. The molecule has 3 rings (SSSR count). The fourth-order valence-electron chi connectivity index (χ4n) is 3.93. The number of hydrogen-bond donors (Lipinski definition) is 1. The van der Waals surface area contributed by atoms with E-state index in [0.717, 1.165) is 51.7 Å². The molecule has 2 aliphatic heterocycles. The zero-order chi connectivity index (χ0) is 14.7. The molecule has 0 aromatic rings. The van der Waals surface area contributed by atoms with E-state index in [4.69, 9.17) is 10.5 Å². The van der Waals surface area contributed by atoms with Gasteiger partial charge in [-0.05, 0) is 37.5 Å². The summed E-state index contributed by atoms with van der Waals surface area (Å²) in [4.78, 5) is 16.3. The molecule has 2 N–H and O–H groups in total. The number of nitrogens with zero attached hydrogens (tertiary/aromatic N) is 2. The van der Waals surface area contributed by atoms with Gasteiger partial charge in [-0.3, -0.25) is 9.69 Å². The summed E-state index contributed by atoms with van der Waals surface area (Å²) < 4.78 is 5.96. The lowest BCUT2D eigenvalue weighted by Gasteiger charge is -2.42. The summed E-state index contributed by atoms with van der Waals surface area (Å²) in [6.07, 6.45) is 6.88. The van der Waals surface area contributed by atoms with Gasteiger partial charge in [-0.1, -0.05) is 6.42 Å². The number of hydrogen-bond acceptors (Lipinski definition) is 4. The van der Waals surface area contributed by atoms with Crippen LogP contribution in [0, 0.1) is 11.8 Å². The van der Waals surface area contributed by atoms with E-state index >= 15 is 0 Å². The van der Waals surface area contributed by atoms with Gasteiger partial charge in [-0.2, -0.15) is 0 Å². The molecule has 21 heavy (non-hydrogen) atoms. The third-order valence-electron chi connectivity index (χ3n) is 5.42. The van der Waals surface area contributed by atoms with Crippen LogP contribution in [0.2, 0.25) is 0 Å². The van der Waals surface area contributed by atoms with Crippen LogP contribution in [0.1, 0.15) is 32.1 Å². The Labute approximate surface area is 127 Å². The highest BCUT2D eigenvalue weighted by Gasteiger charge is 2.33. The number of carbonyl (C=O) groups excluding carboxylic acids is 1. The molecule has 2 atom stereocenters. The Bertz CT molecular complexity index is 359. The summed E-state index contributed by atoms with van der Waals surface area (Å²) in [5.74, 6) is 1.51. The van der Waals surface area contributed by atoms with E-state index in [9.17, 15) is 4.79 Å². The SMILES string of the molecule is NCC(=O)N1CCCC(CN2CCOC(C3CCC3)C2)C1. The van der Waals surface area contributed by atoms with Crippen molar-refractivity contribution in [2.24, 2.45) is 17.6 Å². The van der Waals surface area contributed by atoms with Crippen molar-refractivity contribution >= 4 is 5.91 Å². The van der Waals surface area contributed by atoms with Gasteiger partial charge < -0.3 is 15.4 Å². The first-order valence-electron chi connectivity index (χ1n) is 8.58. The standard InChI is InChI=1S/C16H29N3O2/c17-9-16(20)19-6-2-3-13(11-19)10-18-7-8-21-15(12-18)14-4-1-5-14/h13-15H,1-12,17H2. The molecule has 1 saturated carbocycles. The molecule has 2 unspecified atom stereocenters. The van der Waals surface area contributed by atoms with Gasteiger partial charge in [0.1, 0.15) is 0 Å². The van der Waals surface area contributed by atoms with Crippen LogP contribution < -0.4 is 5.73 Å². The average molecular weight is 295 g/mol. The molecule has 2 heterocycles. The van der Waals surface area contributed by atoms with Crippen molar-refractivity contribution in [2.75, 3.05) is 45.9 Å². The van der Waals surface area contributed by atoms with Gasteiger partial charge in [0.25, 0.3) is 0 Å². The van der Waals surface area contributed by atoms with Crippen molar-refractivity contribution in [3.8, 4) is 0 Å². The van der Waals surface area contributed by atoms with Gasteiger partial charge in [0.05, 0.1) is 19.3 Å². The van der Waals surface area contributed by atoms with Crippen molar-refractivity contribution in [3.63, 3.8) is 0 Å². The molecule has 0 spiro atoms. The van der Waals surface area contributed by atoms with Gasteiger partial charge >= 0.3 is 0 Å². The van der Waals surface area contributed by atoms with Gasteiger partial charge in [0, 0.05) is 32.7 Å². The Morgan fingerprint density at radius 1 is 1.14 bits per heavy atom. The smallest absolute Gasteiger partial charge is 0.236 e. The summed E-state index contributed by atoms with van der Waals surface area (Å²) in [6.45, 7) is 6.05. The van der Waals surface area contributed by atoms with E-state index in [0.29, 0.717) is 12.0 Å². The summed E-state index contributed by atoms with van der Waals surface area (Å²) >= 11 is 0. The minimum Gasteiger partial charge on any atom is -0.375 e. The third-order valence-corrected chi connectivity index (χ3v) is 5.42. The number of carbonyl (C=O) groups is 1. The maximum absolute atomic E-state index is 11.8. The molecular weight excluding hydrogens is 266 g/mol. The molecule has 120 valence electrons. The summed E-state index contributed by atoms with van der Waals surface area (Å²) in [6, 6.07) is 0. The second-order valence-electron chi connectivity index (χ2n) is 6.91. The van der Waals surface area contributed by atoms with Crippen LogP contribution in [0.15, 0.2) is 0 Å². The summed E-state index contributed by atoms with van der Waals surface area (Å²) in [7, 11) is 0. The number of ether oxygens (including phenoxy) is 1. The van der Waals surface area contributed by atoms with Crippen LogP contribution in [0.3, 0.4) is 0 Å². The van der Waals surface area contributed by atoms with E-state index in [1.807, 2.05) is 4.90 Å². The molecule has 1 aliphatic carbocycles. The van der Waals surface area contributed by atoms with E-state index in [2.05, 4.69) is 4.90 Å². The van der Waals surface area contributed by atoms with E-state index in [-0.39, 0.29) is 12.5 Å². The molecule has 0 aromatic heterocycles. The first-order valence-corrected chi connectivity index (χ1v) is 8.58. The summed E-state index contributed by atoms with van der Waals surface area (Å²) in [5, 5.41) is 0. The quantitative estimate of drug-likeness (QED) is 0.829. The minimum atomic E-state index is 0.106. The Morgan fingerprint density at radius 2 is 2.00 bits per heavy atom. The minimum absolute atomic E-state index is 0.106. The maximum Gasteiger partial charge on any atom is 0.236 e. The van der Waals surface area contributed by atoms with Gasteiger partial charge in [0.2, 0.25) is 5.91 Å². The number of likely N-dealkylation sites (tertiary alicyclic amines) is 1. The fraction of sp³-hybridized carbons (Fsp3) is 0.938. The van der Waals surface area contributed by atoms with Crippen molar-refractivity contribution < 1.29 is 9.53 Å². The average Bonchev–Trinajstić information content (AvgIpc) is 2.45. The van der Waals surface area contributed by atoms with Gasteiger partial charge in [0.15, 0.2) is 0 Å². The Kier molecular flexibility index (Phi) is 5.14. The lowest BCUT2D eigenvalue weighted by molar-refractivity contribution is -0.132. The number of amides is 1. The molecule has 3 fully saturated rings. The maximum atomic E-state index is 11.8. The molecular formula is C16H29N3O2. The number of morpholine rings is 1. The van der Waals surface area contributed by atoms with Crippen LogP contribution >= 0.6 is 0 Å². The van der Waals surface area contributed by atoms with E-state index in [1.165, 1.54) is 25.7 Å². The topological polar surface area (TPSA) is 58.8 Å². The predicted octanol–water partition coefficient (Wildman–Crippen LogP) is 0.685. The molecule has 0 aromatic carbocycles. The predicted molar refractivity (Wildman–Crippen MR) is 81.9 cm³/mol. The second-order valence-corrected chi connectivity index (χ2v) is 6.91. The molecule has 0 radical (unpaired) electrons. The first kappa shape index (κ1) is 15.3. The molecule has 2 saturated heterocycles. The molecule has 1 amide bonds. The third kappa shape index (κ3) is 3.76. The van der Waals surface area contributed by atoms with Crippen molar-refractivity contribution in [1.29, 1.82) is 0 Å². The molecule has 5 nitrogen and oxygen atoms in total. The Hall–Kier alpha value is -0.650. The zero-order valence-corrected chi connectivity index (χ0v) is 13.0. The highest BCUT2D eigenvalue weighted by molar-refractivity contribution is 5.78. The lowest BCUT2D eigenvalue weighted by Crippen LogP contribution is -2.51. The number of piperidine rings is 1. The Balaban J connectivity index is 1.47. The normalized spacial score (nSPS) is 32.0. The van der Waals surface area contributed by atoms with Crippen molar-refractivity contribution in [1.82, 2.24) is 9.80 Å². The van der Waals surface area contributed by atoms with Crippen LogP contribution in [0.4, 0.5) is 0 Å². The first-order chi connectivity index (χ1) is 10.3. The Morgan fingerprint density at radius 3 is 2.71 bits per heavy atom. The van der Waals surface area contributed by atoms with Gasteiger partial charge in [-0.15, -0.1) is 0 Å². The molecule has 0 bridgehead atoms.